The van der Waals surface area contributed by atoms with Crippen LogP contribution < -0.4 is 5.32 Å². The highest BCUT2D eigenvalue weighted by atomic mass is 35.5. The van der Waals surface area contributed by atoms with Crippen molar-refractivity contribution in [2.45, 2.75) is 25.5 Å². The van der Waals surface area contributed by atoms with Gasteiger partial charge in [-0.1, -0.05) is 23.2 Å². The molecule has 1 N–H and O–H groups in total. The summed E-state index contributed by atoms with van der Waals surface area (Å²) >= 11 is 12.3. The summed E-state index contributed by atoms with van der Waals surface area (Å²) in [5.41, 5.74) is 1.06. The van der Waals surface area contributed by atoms with Crippen molar-refractivity contribution in [3.63, 3.8) is 0 Å². The number of hydrogen-bond donors (Lipinski definition) is 1. The molecule has 2 nitrogen and oxygen atoms in total. The maximum absolute atomic E-state index is 6.26. The summed E-state index contributed by atoms with van der Waals surface area (Å²) < 4.78 is 5.62. The van der Waals surface area contributed by atoms with Crippen LogP contribution in [0.2, 0.25) is 10.0 Å². The molecule has 1 aromatic carbocycles. The van der Waals surface area contributed by atoms with Gasteiger partial charge in [0.25, 0.3) is 0 Å². The normalized spacial score (nSPS) is 26.1. The fourth-order valence-corrected chi connectivity index (χ4v) is 2.95. The average Bonchev–Trinajstić information content (AvgIpc) is 2.71. The van der Waals surface area contributed by atoms with E-state index in [9.17, 15) is 0 Å². The first-order valence-corrected chi connectivity index (χ1v) is 6.63. The zero-order chi connectivity index (χ0) is 12.4. The van der Waals surface area contributed by atoms with Gasteiger partial charge in [-0.25, -0.2) is 0 Å². The molecule has 17 heavy (non-hydrogen) atoms. The molecule has 2 rings (SSSR count). The standard InChI is InChI=1S/C13H17Cl2NO/c1-8-10(5-6-17-8)13(16-2)11-7-9(14)3-4-12(11)15/h3-4,7-8,10,13,16H,5-6H2,1-2H3. The minimum atomic E-state index is 0.193. The Hall–Kier alpha value is -0.280. The maximum Gasteiger partial charge on any atom is 0.0594 e. The zero-order valence-electron chi connectivity index (χ0n) is 10.0. The molecule has 1 aliphatic heterocycles. The van der Waals surface area contributed by atoms with E-state index in [1.54, 1.807) is 0 Å². The quantitative estimate of drug-likeness (QED) is 0.907. The van der Waals surface area contributed by atoms with Gasteiger partial charge in [-0.05, 0) is 44.2 Å². The predicted octanol–water partition coefficient (Wildman–Crippen LogP) is 3.68. The van der Waals surface area contributed by atoms with Crippen LogP contribution in [0.15, 0.2) is 18.2 Å². The van der Waals surface area contributed by atoms with Crippen LogP contribution in [0.3, 0.4) is 0 Å². The summed E-state index contributed by atoms with van der Waals surface area (Å²) in [5.74, 6) is 0.441. The molecular formula is C13H17Cl2NO. The van der Waals surface area contributed by atoms with Gasteiger partial charge >= 0.3 is 0 Å². The smallest absolute Gasteiger partial charge is 0.0594 e. The van der Waals surface area contributed by atoms with Crippen molar-refractivity contribution in [3.05, 3.63) is 33.8 Å². The second kappa shape index (κ2) is 5.57. The highest BCUT2D eigenvalue weighted by Gasteiger charge is 2.32. The van der Waals surface area contributed by atoms with Crippen molar-refractivity contribution >= 4 is 23.2 Å². The molecule has 0 aromatic heterocycles. The van der Waals surface area contributed by atoms with Crippen LogP contribution in [0.5, 0.6) is 0 Å². The van der Waals surface area contributed by atoms with Crippen molar-refractivity contribution in [2.24, 2.45) is 5.92 Å². The van der Waals surface area contributed by atoms with Crippen LogP contribution in [0.4, 0.5) is 0 Å². The molecule has 0 amide bonds. The molecule has 1 saturated heterocycles. The van der Waals surface area contributed by atoms with E-state index in [4.69, 9.17) is 27.9 Å². The van der Waals surface area contributed by atoms with Gasteiger partial charge in [-0.3, -0.25) is 0 Å². The molecule has 0 aliphatic carbocycles. The van der Waals surface area contributed by atoms with E-state index in [0.717, 1.165) is 28.6 Å². The average molecular weight is 274 g/mol. The monoisotopic (exact) mass is 273 g/mol. The zero-order valence-corrected chi connectivity index (χ0v) is 11.6. The van der Waals surface area contributed by atoms with E-state index in [0.29, 0.717) is 5.92 Å². The molecule has 0 spiro atoms. The van der Waals surface area contributed by atoms with Crippen LogP contribution in [0.1, 0.15) is 24.9 Å². The molecule has 94 valence electrons. The molecule has 1 heterocycles. The summed E-state index contributed by atoms with van der Waals surface area (Å²) in [7, 11) is 1.95. The first-order chi connectivity index (χ1) is 8.13. The Balaban J connectivity index is 2.31. The van der Waals surface area contributed by atoms with E-state index in [1.165, 1.54) is 0 Å². The van der Waals surface area contributed by atoms with E-state index in [2.05, 4.69) is 12.2 Å². The Labute approximate surface area is 112 Å². The number of benzene rings is 1. The van der Waals surface area contributed by atoms with E-state index in [1.807, 2.05) is 25.2 Å². The lowest BCUT2D eigenvalue weighted by Crippen LogP contribution is -2.29. The molecule has 0 saturated carbocycles. The van der Waals surface area contributed by atoms with E-state index >= 15 is 0 Å². The van der Waals surface area contributed by atoms with Crippen LogP contribution in [-0.4, -0.2) is 19.8 Å². The fourth-order valence-electron chi connectivity index (χ4n) is 2.54. The second-order valence-electron chi connectivity index (χ2n) is 4.46. The summed E-state index contributed by atoms with van der Waals surface area (Å²) in [6.45, 7) is 2.93. The van der Waals surface area contributed by atoms with Gasteiger partial charge in [0.15, 0.2) is 0 Å². The Morgan fingerprint density at radius 3 is 2.76 bits per heavy atom. The summed E-state index contributed by atoms with van der Waals surface area (Å²) in [6.07, 6.45) is 1.30. The lowest BCUT2D eigenvalue weighted by atomic mass is 9.88. The summed E-state index contributed by atoms with van der Waals surface area (Å²) in [6, 6.07) is 5.80. The Morgan fingerprint density at radius 1 is 1.41 bits per heavy atom. The summed E-state index contributed by atoms with van der Waals surface area (Å²) in [4.78, 5) is 0. The SMILES string of the molecule is CNC(c1cc(Cl)ccc1Cl)C1CCOC1C. The van der Waals surface area contributed by atoms with Crippen LogP contribution in [0.25, 0.3) is 0 Å². The van der Waals surface area contributed by atoms with Crippen molar-refractivity contribution < 1.29 is 4.74 Å². The largest absolute Gasteiger partial charge is 0.378 e. The first kappa shape index (κ1) is 13.2. The first-order valence-electron chi connectivity index (χ1n) is 5.87. The lowest BCUT2D eigenvalue weighted by Gasteiger charge is -2.26. The molecule has 0 bridgehead atoms. The molecule has 1 aromatic rings. The minimum absolute atomic E-state index is 0.193. The number of halogens is 2. The van der Waals surface area contributed by atoms with Crippen LogP contribution in [0, 0.1) is 5.92 Å². The third kappa shape index (κ3) is 2.76. The fraction of sp³-hybridized carbons (Fsp3) is 0.538. The molecule has 0 radical (unpaired) electrons. The Morgan fingerprint density at radius 2 is 2.18 bits per heavy atom. The number of rotatable bonds is 3. The Bertz CT molecular complexity index is 397. The maximum atomic E-state index is 6.26. The van der Waals surface area contributed by atoms with Crippen LogP contribution >= 0.6 is 23.2 Å². The van der Waals surface area contributed by atoms with Gasteiger partial charge in [0.2, 0.25) is 0 Å². The topological polar surface area (TPSA) is 21.3 Å². The number of hydrogen-bond acceptors (Lipinski definition) is 2. The van der Waals surface area contributed by atoms with Crippen molar-refractivity contribution in [1.29, 1.82) is 0 Å². The van der Waals surface area contributed by atoms with E-state index < -0.39 is 0 Å². The van der Waals surface area contributed by atoms with Gasteiger partial charge in [-0.2, -0.15) is 0 Å². The van der Waals surface area contributed by atoms with E-state index in [-0.39, 0.29) is 12.1 Å². The molecule has 1 fully saturated rings. The number of nitrogens with one attached hydrogen (secondary N) is 1. The predicted molar refractivity (Wildman–Crippen MR) is 71.8 cm³/mol. The molecular weight excluding hydrogens is 257 g/mol. The van der Waals surface area contributed by atoms with Crippen LogP contribution in [-0.2, 0) is 4.74 Å². The molecule has 3 unspecified atom stereocenters. The third-order valence-corrected chi connectivity index (χ3v) is 4.05. The van der Waals surface area contributed by atoms with Crippen molar-refractivity contribution in [1.82, 2.24) is 5.32 Å². The molecule has 3 atom stereocenters. The third-order valence-electron chi connectivity index (χ3n) is 3.47. The molecule has 4 heteroatoms. The van der Waals surface area contributed by atoms with Gasteiger partial charge < -0.3 is 10.1 Å². The van der Waals surface area contributed by atoms with Crippen molar-refractivity contribution in [2.75, 3.05) is 13.7 Å². The number of ether oxygens (including phenoxy) is 1. The van der Waals surface area contributed by atoms with Gasteiger partial charge in [0.05, 0.1) is 6.10 Å². The minimum Gasteiger partial charge on any atom is -0.378 e. The summed E-state index contributed by atoms with van der Waals surface area (Å²) in [5, 5.41) is 4.81. The lowest BCUT2D eigenvalue weighted by molar-refractivity contribution is 0.0963. The second-order valence-corrected chi connectivity index (χ2v) is 5.30. The highest BCUT2D eigenvalue weighted by Crippen LogP contribution is 2.36. The molecule has 1 aliphatic rings. The van der Waals surface area contributed by atoms with Gasteiger partial charge in [0.1, 0.15) is 0 Å². The Kier molecular flexibility index (Phi) is 4.31. The highest BCUT2D eigenvalue weighted by molar-refractivity contribution is 6.33. The van der Waals surface area contributed by atoms with Crippen molar-refractivity contribution in [3.8, 4) is 0 Å². The van der Waals surface area contributed by atoms with Gasteiger partial charge in [-0.15, -0.1) is 0 Å². The van der Waals surface area contributed by atoms with Gasteiger partial charge in [0, 0.05) is 28.6 Å².